The van der Waals surface area contributed by atoms with Crippen LogP contribution in [0.3, 0.4) is 0 Å². The van der Waals surface area contributed by atoms with E-state index in [1.54, 1.807) is 13.1 Å². The molecule has 7 heteroatoms. The SMILES string of the molecule is CN=C(NCCCN1CCCCC1C)NCc1cc(C#N)ccc1F.I. The molecule has 26 heavy (non-hydrogen) atoms. The first-order valence-electron chi connectivity index (χ1n) is 9.01. The predicted molar refractivity (Wildman–Crippen MR) is 114 cm³/mol. The lowest BCUT2D eigenvalue weighted by Gasteiger charge is -2.33. The monoisotopic (exact) mass is 473 g/mol. The van der Waals surface area contributed by atoms with Crippen molar-refractivity contribution in [2.45, 2.75) is 45.2 Å². The van der Waals surface area contributed by atoms with Crippen LogP contribution in [-0.2, 0) is 6.54 Å². The molecule has 1 aliphatic heterocycles. The van der Waals surface area contributed by atoms with Crippen molar-refractivity contribution in [1.82, 2.24) is 15.5 Å². The molecular formula is C19H29FIN5. The van der Waals surface area contributed by atoms with Gasteiger partial charge in [0.1, 0.15) is 5.82 Å². The molecule has 1 unspecified atom stereocenters. The highest BCUT2D eigenvalue weighted by atomic mass is 127. The summed E-state index contributed by atoms with van der Waals surface area (Å²) >= 11 is 0. The normalized spacial score (nSPS) is 17.9. The van der Waals surface area contributed by atoms with Crippen molar-refractivity contribution in [3.05, 3.63) is 35.1 Å². The Morgan fingerprint density at radius 3 is 2.88 bits per heavy atom. The van der Waals surface area contributed by atoms with Gasteiger partial charge in [-0.1, -0.05) is 6.42 Å². The molecule has 1 saturated heterocycles. The highest BCUT2D eigenvalue weighted by Gasteiger charge is 2.17. The maximum absolute atomic E-state index is 13.8. The molecule has 0 saturated carbocycles. The van der Waals surface area contributed by atoms with Gasteiger partial charge in [-0.15, -0.1) is 24.0 Å². The molecule has 1 aromatic carbocycles. The molecule has 1 fully saturated rings. The lowest BCUT2D eigenvalue weighted by molar-refractivity contribution is 0.159. The van der Waals surface area contributed by atoms with Crippen LogP contribution < -0.4 is 10.6 Å². The van der Waals surface area contributed by atoms with Gasteiger partial charge >= 0.3 is 0 Å². The minimum Gasteiger partial charge on any atom is -0.356 e. The topological polar surface area (TPSA) is 63.5 Å². The van der Waals surface area contributed by atoms with Crippen molar-refractivity contribution in [3.8, 4) is 6.07 Å². The zero-order valence-corrected chi connectivity index (χ0v) is 17.9. The second-order valence-corrected chi connectivity index (χ2v) is 6.50. The average Bonchev–Trinajstić information content (AvgIpc) is 2.63. The minimum atomic E-state index is -0.318. The van der Waals surface area contributed by atoms with Crippen LogP contribution >= 0.6 is 24.0 Å². The quantitative estimate of drug-likeness (QED) is 0.288. The van der Waals surface area contributed by atoms with Crippen LogP contribution in [-0.4, -0.2) is 43.6 Å². The Morgan fingerprint density at radius 2 is 2.19 bits per heavy atom. The average molecular weight is 473 g/mol. The Bertz CT molecular complexity index is 629. The van der Waals surface area contributed by atoms with Crippen LogP contribution in [0.25, 0.3) is 0 Å². The fourth-order valence-electron chi connectivity index (χ4n) is 3.16. The van der Waals surface area contributed by atoms with Gasteiger partial charge in [0.2, 0.25) is 0 Å². The highest BCUT2D eigenvalue weighted by Crippen LogP contribution is 2.16. The van der Waals surface area contributed by atoms with E-state index in [2.05, 4.69) is 27.4 Å². The summed E-state index contributed by atoms with van der Waals surface area (Å²) in [5.74, 6) is 0.328. The number of likely N-dealkylation sites (tertiary alicyclic amines) is 1. The summed E-state index contributed by atoms with van der Waals surface area (Å²) in [5.41, 5.74) is 0.918. The number of hydrogen-bond acceptors (Lipinski definition) is 3. The number of aliphatic imine (C=N–C) groups is 1. The van der Waals surface area contributed by atoms with E-state index in [0.717, 1.165) is 19.5 Å². The molecule has 1 aliphatic rings. The first-order chi connectivity index (χ1) is 12.1. The van der Waals surface area contributed by atoms with Crippen LogP contribution in [0.2, 0.25) is 0 Å². The summed E-state index contributed by atoms with van der Waals surface area (Å²) in [6.45, 7) is 5.71. The van der Waals surface area contributed by atoms with Crippen LogP contribution in [0.5, 0.6) is 0 Å². The Morgan fingerprint density at radius 1 is 1.38 bits per heavy atom. The number of nitrogens with one attached hydrogen (secondary N) is 2. The number of hydrogen-bond donors (Lipinski definition) is 2. The summed E-state index contributed by atoms with van der Waals surface area (Å²) < 4.78 is 13.8. The largest absolute Gasteiger partial charge is 0.356 e. The number of benzene rings is 1. The fraction of sp³-hybridized carbons (Fsp3) is 0.579. The smallest absolute Gasteiger partial charge is 0.191 e. The summed E-state index contributed by atoms with van der Waals surface area (Å²) in [7, 11) is 1.70. The second-order valence-electron chi connectivity index (χ2n) is 6.50. The van der Waals surface area contributed by atoms with E-state index in [-0.39, 0.29) is 29.8 Å². The van der Waals surface area contributed by atoms with Gasteiger partial charge in [0.15, 0.2) is 5.96 Å². The number of nitrogens with zero attached hydrogens (tertiary/aromatic N) is 3. The minimum absolute atomic E-state index is 0. The zero-order chi connectivity index (χ0) is 18.1. The third-order valence-electron chi connectivity index (χ3n) is 4.70. The molecule has 2 N–H and O–H groups in total. The van der Waals surface area contributed by atoms with E-state index in [1.807, 2.05) is 6.07 Å². The van der Waals surface area contributed by atoms with Crippen LogP contribution in [0.4, 0.5) is 4.39 Å². The lowest BCUT2D eigenvalue weighted by Crippen LogP contribution is -2.41. The predicted octanol–water partition coefficient (Wildman–Crippen LogP) is 3.24. The molecule has 1 heterocycles. The van der Waals surface area contributed by atoms with Crippen molar-refractivity contribution in [3.63, 3.8) is 0 Å². The van der Waals surface area contributed by atoms with Gasteiger partial charge in [-0.25, -0.2) is 4.39 Å². The molecule has 1 atom stereocenters. The molecule has 1 aromatic rings. The first kappa shape index (κ1) is 22.6. The van der Waals surface area contributed by atoms with E-state index in [4.69, 9.17) is 5.26 Å². The number of rotatable bonds is 6. The van der Waals surface area contributed by atoms with E-state index in [1.165, 1.54) is 37.9 Å². The summed E-state index contributed by atoms with van der Waals surface area (Å²) in [6.07, 6.45) is 4.98. The molecule has 0 radical (unpaired) electrons. The van der Waals surface area contributed by atoms with Gasteiger partial charge in [-0.3, -0.25) is 4.99 Å². The van der Waals surface area contributed by atoms with Gasteiger partial charge in [-0.05, 0) is 50.9 Å². The Kier molecular flexibility index (Phi) is 10.5. The third-order valence-corrected chi connectivity index (χ3v) is 4.70. The summed E-state index contributed by atoms with van der Waals surface area (Å²) in [4.78, 5) is 6.71. The molecular weight excluding hydrogens is 444 g/mol. The standard InChI is InChI=1S/C19H28FN5.HI/c1-15-6-3-4-10-25(15)11-5-9-23-19(22-2)24-14-17-12-16(13-21)7-8-18(17)20;/h7-8,12,15H,3-6,9-11,14H2,1-2H3,(H2,22,23,24);1H. The molecule has 2 rings (SSSR count). The zero-order valence-electron chi connectivity index (χ0n) is 15.6. The molecule has 0 aliphatic carbocycles. The molecule has 0 bridgehead atoms. The third kappa shape index (κ3) is 7.08. The van der Waals surface area contributed by atoms with Gasteiger partial charge < -0.3 is 15.5 Å². The van der Waals surface area contributed by atoms with Crippen molar-refractivity contribution in [2.24, 2.45) is 4.99 Å². The number of halogens is 2. The number of guanidine groups is 1. The van der Waals surface area contributed by atoms with Gasteiger partial charge in [0.05, 0.1) is 11.6 Å². The van der Waals surface area contributed by atoms with Crippen LogP contribution in [0.1, 0.15) is 43.7 Å². The molecule has 0 aromatic heterocycles. The van der Waals surface area contributed by atoms with E-state index in [0.29, 0.717) is 29.7 Å². The van der Waals surface area contributed by atoms with Crippen molar-refractivity contribution in [1.29, 1.82) is 5.26 Å². The summed E-state index contributed by atoms with van der Waals surface area (Å²) in [5, 5.41) is 15.3. The van der Waals surface area contributed by atoms with Crippen molar-refractivity contribution in [2.75, 3.05) is 26.7 Å². The molecule has 5 nitrogen and oxygen atoms in total. The van der Waals surface area contributed by atoms with E-state index in [9.17, 15) is 4.39 Å². The molecule has 144 valence electrons. The Hall–Kier alpha value is -1.40. The van der Waals surface area contributed by atoms with Gasteiger partial charge in [0, 0.05) is 38.3 Å². The maximum Gasteiger partial charge on any atom is 0.191 e. The van der Waals surface area contributed by atoms with E-state index >= 15 is 0 Å². The van der Waals surface area contributed by atoms with Crippen molar-refractivity contribution < 1.29 is 4.39 Å². The summed E-state index contributed by atoms with van der Waals surface area (Å²) in [6, 6.07) is 7.08. The molecule has 0 amide bonds. The Balaban J connectivity index is 0.00000338. The van der Waals surface area contributed by atoms with Crippen LogP contribution in [0, 0.1) is 17.1 Å². The van der Waals surface area contributed by atoms with E-state index < -0.39 is 0 Å². The van der Waals surface area contributed by atoms with Gasteiger partial charge in [0.25, 0.3) is 0 Å². The maximum atomic E-state index is 13.8. The number of nitriles is 1. The van der Waals surface area contributed by atoms with Crippen LogP contribution in [0.15, 0.2) is 23.2 Å². The number of piperidine rings is 1. The fourth-order valence-corrected chi connectivity index (χ4v) is 3.16. The highest BCUT2D eigenvalue weighted by molar-refractivity contribution is 14.0. The molecule has 0 spiro atoms. The van der Waals surface area contributed by atoms with Gasteiger partial charge in [-0.2, -0.15) is 5.26 Å². The lowest BCUT2D eigenvalue weighted by atomic mass is 10.0. The first-order valence-corrected chi connectivity index (χ1v) is 9.01. The van der Waals surface area contributed by atoms with Crippen molar-refractivity contribution >= 4 is 29.9 Å². The second kappa shape index (κ2) is 12.1. The Labute approximate surface area is 173 Å².